The summed E-state index contributed by atoms with van der Waals surface area (Å²) in [5.74, 6) is -1.49. The number of benzene rings is 2. The first-order chi connectivity index (χ1) is 13.5. The highest BCUT2D eigenvalue weighted by Gasteiger charge is 2.15. The van der Waals surface area contributed by atoms with Crippen LogP contribution in [0.5, 0.6) is 0 Å². The molecule has 7 nitrogen and oxygen atoms in total. The average Bonchev–Trinajstić information content (AvgIpc) is 2.70. The Morgan fingerprint density at radius 1 is 1.07 bits per heavy atom. The van der Waals surface area contributed by atoms with Gasteiger partial charge in [-0.2, -0.15) is 0 Å². The molecule has 0 fully saturated rings. The number of carbonyl (C=O) groups is 3. The largest absolute Gasteiger partial charge is 0.452 e. The molecule has 0 radical (unpaired) electrons. The summed E-state index contributed by atoms with van der Waals surface area (Å²) in [5.41, 5.74) is 1.59. The van der Waals surface area contributed by atoms with E-state index >= 15 is 0 Å². The number of ether oxygens (including phenoxy) is 1. The van der Waals surface area contributed by atoms with E-state index in [1.54, 1.807) is 42.5 Å². The zero-order valence-electron chi connectivity index (χ0n) is 14.9. The molecule has 2 amide bonds. The molecule has 2 N–H and O–H groups in total. The summed E-state index contributed by atoms with van der Waals surface area (Å²) in [5, 5.41) is 5.82. The number of anilines is 1. The zero-order valence-corrected chi connectivity index (χ0v) is 15.6. The van der Waals surface area contributed by atoms with Gasteiger partial charge in [0.2, 0.25) is 0 Å². The van der Waals surface area contributed by atoms with Crippen LogP contribution in [0.25, 0.3) is 10.9 Å². The van der Waals surface area contributed by atoms with Crippen LogP contribution >= 0.6 is 11.6 Å². The molecular formula is C20H16ClN3O4. The number of carbonyl (C=O) groups excluding carboxylic acids is 3. The maximum absolute atomic E-state index is 12.4. The highest BCUT2D eigenvalue weighted by molar-refractivity contribution is 6.30. The van der Waals surface area contributed by atoms with Crippen LogP contribution in [-0.2, 0) is 9.53 Å². The van der Waals surface area contributed by atoms with Gasteiger partial charge in [-0.3, -0.25) is 9.59 Å². The van der Waals surface area contributed by atoms with E-state index in [2.05, 4.69) is 15.6 Å². The van der Waals surface area contributed by atoms with Crippen molar-refractivity contribution >= 4 is 46.0 Å². The average molecular weight is 398 g/mol. The summed E-state index contributed by atoms with van der Waals surface area (Å²) in [7, 11) is 1.52. The molecule has 28 heavy (non-hydrogen) atoms. The Morgan fingerprint density at radius 2 is 1.86 bits per heavy atom. The van der Waals surface area contributed by atoms with Gasteiger partial charge in [0, 0.05) is 23.7 Å². The number of aromatic nitrogens is 1. The molecule has 0 spiro atoms. The second-order valence-corrected chi connectivity index (χ2v) is 6.18. The molecule has 0 unspecified atom stereocenters. The van der Waals surface area contributed by atoms with Crippen LogP contribution < -0.4 is 10.6 Å². The number of hydrogen-bond donors (Lipinski definition) is 2. The number of amides is 2. The third-order valence-corrected chi connectivity index (χ3v) is 4.07. The molecular weight excluding hydrogens is 382 g/mol. The number of nitrogens with zero attached hydrogens (tertiary/aromatic N) is 1. The van der Waals surface area contributed by atoms with E-state index in [4.69, 9.17) is 16.3 Å². The predicted octanol–water partition coefficient (Wildman–Crippen LogP) is 3.04. The van der Waals surface area contributed by atoms with Gasteiger partial charge in [0.1, 0.15) is 5.15 Å². The van der Waals surface area contributed by atoms with Crippen molar-refractivity contribution in [1.29, 1.82) is 0 Å². The van der Waals surface area contributed by atoms with Gasteiger partial charge >= 0.3 is 5.97 Å². The maximum atomic E-state index is 12.4. The van der Waals surface area contributed by atoms with Gasteiger partial charge in [-0.25, -0.2) is 9.78 Å². The smallest absolute Gasteiger partial charge is 0.339 e. The SMILES string of the molecule is CNC(=O)c1cccc(NC(=O)COC(=O)c2cc(Cl)nc3ccccc23)c1. The molecule has 1 heterocycles. The third-order valence-electron chi connectivity index (χ3n) is 3.87. The lowest BCUT2D eigenvalue weighted by Crippen LogP contribution is -2.22. The van der Waals surface area contributed by atoms with Gasteiger partial charge in [-0.05, 0) is 30.3 Å². The molecule has 1 aromatic heterocycles. The number of hydrogen-bond acceptors (Lipinski definition) is 5. The van der Waals surface area contributed by atoms with E-state index in [1.165, 1.54) is 19.2 Å². The van der Waals surface area contributed by atoms with E-state index in [0.29, 0.717) is 22.2 Å². The Labute approximate surface area is 165 Å². The minimum Gasteiger partial charge on any atom is -0.452 e. The van der Waals surface area contributed by atoms with Crippen LogP contribution in [0.2, 0.25) is 5.15 Å². The number of nitrogens with one attached hydrogen (secondary N) is 2. The van der Waals surface area contributed by atoms with Crippen LogP contribution in [0, 0.1) is 0 Å². The summed E-state index contributed by atoms with van der Waals surface area (Å²) in [6, 6.07) is 14.8. The van der Waals surface area contributed by atoms with Crippen molar-refractivity contribution < 1.29 is 19.1 Å². The van der Waals surface area contributed by atoms with E-state index in [0.717, 1.165) is 0 Å². The number of fused-ring (bicyclic) bond motifs is 1. The second-order valence-electron chi connectivity index (χ2n) is 5.79. The maximum Gasteiger partial charge on any atom is 0.339 e. The second kappa shape index (κ2) is 8.49. The van der Waals surface area contributed by atoms with Gasteiger partial charge in [-0.1, -0.05) is 35.9 Å². The summed E-state index contributed by atoms with van der Waals surface area (Å²) in [4.78, 5) is 40.3. The molecule has 0 saturated carbocycles. The Kier molecular flexibility index (Phi) is 5.86. The van der Waals surface area contributed by atoms with Crippen LogP contribution in [-0.4, -0.2) is 36.4 Å². The summed E-state index contributed by atoms with van der Waals surface area (Å²) >= 11 is 5.96. The van der Waals surface area contributed by atoms with E-state index in [9.17, 15) is 14.4 Å². The summed E-state index contributed by atoms with van der Waals surface area (Å²) < 4.78 is 5.11. The van der Waals surface area contributed by atoms with Gasteiger partial charge in [0.25, 0.3) is 11.8 Å². The number of para-hydroxylation sites is 1. The number of rotatable bonds is 5. The molecule has 3 rings (SSSR count). The molecule has 0 aliphatic carbocycles. The fraction of sp³-hybridized carbons (Fsp3) is 0.100. The van der Waals surface area contributed by atoms with Crippen LogP contribution in [0.1, 0.15) is 20.7 Å². The Bertz CT molecular complexity index is 1070. The molecule has 0 aliphatic rings. The summed E-state index contributed by atoms with van der Waals surface area (Å²) in [6.45, 7) is -0.489. The topological polar surface area (TPSA) is 97.4 Å². The minimum absolute atomic E-state index is 0.154. The van der Waals surface area contributed by atoms with Crippen molar-refractivity contribution in [3.8, 4) is 0 Å². The minimum atomic E-state index is -0.685. The highest BCUT2D eigenvalue weighted by Crippen LogP contribution is 2.21. The van der Waals surface area contributed by atoms with Crippen LogP contribution in [0.4, 0.5) is 5.69 Å². The van der Waals surface area contributed by atoms with Gasteiger partial charge in [-0.15, -0.1) is 0 Å². The molecule has 0 bridgehead atoms. The fourth-order valence-electron chi connectivity index (χ4n) is 2.60. The standard InChI is InChI=1S/C20H16ClN3O4/c1-22-19(26)12-5-4-6-13(9-12)23-18(25)11-28-20(27)15-10-17(21)24-16-8-3-2-7-14(15)16/h2-10H,11H2,1H3,(H,22,26)(H,23,25). The number of halogens is 1. The predicted molar refractivity (Wildman–Crippen MR) is 105 cm³/mol. The number of pyridine rings is 1. The Morgan fingerprint density at radius 3 is 2.64 bits per heavy atom. The van der Waals surface area contributed by atoms with Crippen molar-refractivity contribution in [3.05, 3.63) is 70.9 Å². The van der Waals surface area contributed by atoms with E-state index in [-0.39, 0.29) is 16.6 Å². The zero-order chi connectivity index (χ0) is 20.1. The van der Waals surface area contributed by atoms with Crippen LogP contribution in [0.15, 0.2) is 54.6 Å². The molecule has 2 aromatic carbocycles. The molecule has 8 heteroatoms. The molecule has 0 aliphatic heterocycles. The lowest BCUT2D eigenvalue weighted by Gasteiger charge is -2.09. The van der Waals surface area contributed by atoms with Gasteiger partial charge in [0.15, 0.2) is 6.61 Å². The molecule has 0 atom stereocenters. The first kappa shape index (κ1) is 19.3. The Hall–Kier alpha value is -3.45. The lowest BCUT2D eigenvalue weighted by molar-refractivity contribution is -0.119. The first-order valence-electron chi connectivity index (χ1n) is 8.32. The third kappa shape index (κ3) is 4.44. The fourth-order valence-corrected chi connectivity index (χ4v) is 2.80. The molecule has 0 saturated heterocycles. The van der Waals surface area contributed by atoms with E-state index < -0.39 is 18.5 Å². The molecule has 142 valence electrons. The van der Waals surface area contributed by atoms with Crippen molar-refractivity contribution in [1.82, 2.24) is 10.3 Å². The lowest BCUT2D eigenvalue weighted by atomic mass is 10.1. The van der Waals surface area contributed by atoms with Crippen molar-refractivity contribution in [2.24, 2.45) is 0 Å². The van der Waals surface area contributed by atoms with Crippen LogP contribution in [0.3, 0.4) is 0 Å². The van der Waals surface area contributed by atoms with Crippen molar-refractivity contribution in [2.45, 2.75) is 0 Å². The highest BCUT2D eigenvalue weighted by atomic mass is 35.5. The van der Waals surface area contributed by atoms with Crippen molar-refractivity contribution in [2.75, 3.05) is 19.0 Å². The Balaban J connectivity index is 1.67. The van der Waals surface area contributed by atoms with Gasteiger partial charge < -0.3 is 15.4 Å². The molecule has 3 aromatic rings. The quantitative estimate of drug-likeness (QED) is 0.509. The van der Waals surface area contributed by atoms with Crippen molar-refractivity contribution in [3.63, 3.8) is 0 Å². The number of esters is 1. The summed E-state index contributed by atoms with van der Waals surface area (Å²) in [6.07, 6.45) is 0. The van der Waals surface area contributed by atoms with Gasteiger partial charge in [0.05, 0.1) is 11.1 Å². The first-order valence-corrected chi connectivity index (χ1v) is 8.70. The van der Waals surface area contributed by atoms with E-state index in [1.807, 2.05) is 0 Å². The monoisotopic (exact) mass is 397 g/mol. The normalized spacial score (nSPS) is 10.4.